The van der Waals surface area contributed by atoms with E-state index in [1.54, 1.807) is 11.3 Å². The number of rotatable bonds is 3. The molecule has 0 fully saturated rings. The van der Waals surface area contributed by atoms with E-state index < -0.39 is 0 Å². The first-order chi connectivity index (χ1) is 6.84. The van der Waals surface area contributed by atoms with Gasteiger partial charge in [-0.1, -0.05) is 23.5 Å². The molecule has 0 bridgehead atoms. The van der Waals surface area contributed by atoms with Gasteiger partial charge in [0.25, 0.3) is 0 Å². The Morgan fingerprint density at radius 2 is 2.43 bits per heavy atom. The minimum absolute atomic E-state index is 0.752. The maximum atomic E-state index is 3.99. The lowest BCUT2D eigenvalue weighted by Gasteiger charge is -2.17. The van der Waals surface area contributed by atoms with Gasteiger partial charge < -0.3 is 5.32 Å². The van der Waals surface area contributed by atoms with Gasteiger partial charge in [-0.3, -0.25) is 0 Å². The third-order valence-corrected chi connectivity index (χ3v) is 3.63. The van der Waals surface area contributed by atoms with E-state index in [9.17, 15) is 0 Å². The summed E-state index contributed by atoms with van der Waals surface area (Å²) in [7, 11) is 0. The van der Waals surface area contributed by atoms with Crippen molar-refractivity contribution in [2.45, 2.75) is 19.3 Å². The van der Waals surface area contributed by atoms with E-state index in [-0.39, 0.29) is 0 Å². The van der Waals surface area contributed by atoms with Crippen LogP contribution in [0.1, 0.15) is 19.3 Å². The Hall–Kier alpha value is -0.420. The van der Waals surface area contributed by atoms with E-state index in [4.69, 9.17) is 0 Å². The fourth-order valence-electron chi connectivity index (χ4n) is 1.55. The Kier molecular flexibility index (Phi) is 3.53. The first-order valence-corrected chi connectivity index (χ1v) is 6.33. The molecule has 0 spiro atoms. The highest BCUT2D eigenvalue weighted by atomic mass is 79.9. The molecule has 3 nitrogen and oxygen atoms in total. The van der Waals surface area contributed by atoms with Crippen molar-refractivity contribution in [2.24, 2.45) is 5.92 Å². The Balaban J connectivity index is 1.79. The molecule has 1 aliphatic carbocycles. The fraction of sp³-hybridized carbons (Fsp3) is 0.556. The summed E-state index contributed by atoms with van der Waals surface area (Å²) in [6.07, 6.45) is 8.21. The summed E-state index contributed by atoms with van der Waals surface area (Å²) in [6.45, 7) is 1.01. The van der Waals surface area contributed by atoms with Crippen LogP contribution in [0, 0.1) is 5.92 Å². The Labute approximate surface area is 95.8 Å². The summed E-state index contributed by atoms with van der Waals surface area (Å²) < 4.78 is 0.837. The molecular formula is C9H12BrN3S. The number of allylic oxidation sites excluding steroid dienone is 2. The lowest BCUT2D eigenvalue weighted by Crippen LogP contribution is -2.15. The molecular weight excluding hydrogens is 262 g/mol. The summed E-state index contributed by atoms with van der Waals surface area (Å²) in [5.74, 6) is 0.752. The zero-order valence-electron chi connectivity index (χ0n) is 7.74. The molecule has 14 heavy (non-hydrogen) atoms. The van der Waals surface area contributed by atoms with Gasteiger partial charge in [-0.15, -0.1) is 10.2 Å². The van der Waals surface area contributed by atoms with Crippen LogP contribution in [0.4, 0.5) is 5.13 Å². The second-order valence-corrected chi connectivity index (χ2v) is 5.65. The Morgan fingerprint density at radius 1 is 1.50 bits per heavy atom. The van der Waals surface area contributed by atoms with Crippen LogP contribution < -0.4 is 5.32 Å². The zero-order valence-corrected chi connectivity index (χ0v) is 10.1. The number of hydrogen-bond donors (Lipinski definition) is 1. The molecule has 1 atom stereocenters. The SMILES string of the molecule is Brc1nnc(NCC2CC=CCC2)s1. The van der Waals surface area contributed by atoms with Gasteiger partial charge in [-0.05, 0) is 41.1 Å². The van der Waals surface area contributed by atoms with Crippen molar-refractivity contribution in [1.82, 2.24) is 10.2 Å². The van der Waals surface area contributed by atoms with Crippen LogP contribution in [-0.2, 0) is 0 Å². The second-order valence-electron chi connectivity index (χ2n) is 3.39. The van der Waals surface area contributed by atoms with Crippen molar-refractivity contribution < 1.29 is 0 Å². The maximum Gasteiger partial charge on any atom is 0.206 e. The lowest BCUT2D eigenvalue weighted by atomic mass is 9.95. The van der Waals surface area contributed by atoms with Crippen molar-refractivity contribution in [3.63, 3.8) is 0 Å². The molecule has 1 aromatic heterocycles. The molecule has 2 rings (SSSR count). The monoisotopic (exact) mass is 273 g/mol. The number of nitrogens with zero attached hydrogens (tertiary/aromatic N) is 2. The summed E-state index contributed by atoms with van der Waals surface area (Å²) in [4.78, 5) is 0. The van der Waals surface area contributed by atoms with Gasteiger partial charge in [0.05, 0.1) is 0 Å². The first-order valence-electron chi connectivity index (χ1n) is 4.72. The largest absolute Gasteiger partial charge is 0.360 e. The quantitative estimate of drug-likeness (QED) is 0.861. The van der Waals surface area contributed by atoms with Gasteiger partial charge in [0.2, 0.25) is 5.13 Å². The van der Waals surface area contributed by atoms with Crippen LogP contribution in [-0.4, -0.2) is 16.7 Å². The molecule has 1 N–H and O–H groups in total. The predicted molar refractivity (Wildman–Crippen MR) is 62.6 cm³/mol. The fourth-order valence-corrected chi connectivity index (χ4v) is 2.57. The van der Waals surface area contributed by atoms with Crippen molar-refractivity contribution in [2.75, 3.05) is 11.9 Å². The van der Waals surface area contributed by atoms with E-state index in [0.717, 1.165) is 21.5 Å². The normalized spacial score (nSPS) is 21.1. The Bertz CT molecular complexity index is 324. The average molecular weight is 274 g/mol. The molecule has 1 unspecified atom stereocenters. The van der Waals surface area contributed by atoms with Crippen LogP contribution in [0.25, 0.3) is 0 Å². The standard InChI is InChI=1S/C9H12BrN3S/c10-8-12-13-9(14-8)11-6-7-4-2-1-3-5-7/h1-2,7H,3-6H2,(H,11,13). The molecule has 1 heterocycles. The molecule has 0 radical (unpaired) electrons. The topological polar surface area (TPSA) is 37.8 Å². The molecule has 0 saturated carbocycles. The van der Waals surface area contributed by atoms with E-state index in [1.807, 2.05) is 0 Å². The third kappa shape index (κ3) is 2.78. The summed E-state index contributed by atoms with van der Waals surface area (Å²) in [5, 5.41) is 12.1. The predicted octanol–water partition coefficient (Wildman–Crippen LogP) is 3.07. The van der Waals surface area contributed by atoms with Crippen molar-refractivity contribution in [3.05, 3.63) is 16.1 Å². The smallest absolute Gasteiger partial charge is 0.206 e. The molecule has 0 aliphatic heterocycles. The van der Waals surface area contributed by atoms with Crippen LogP contribution in [0.5, 0.6) is 0 Å². The van der Waals surface area contributed by atoms with E-state index in [0.29, 0.717) is 0 Å². The summed E-state index contributed by atoms with van der Waals surface area (Å²) in [5.41, 5.74) is 0. The summed E-state index contributed by atoms with van der Waals surface area (Å²) in [6, 6.07) is 0. The van der Waals surface area contributed by atoms with Crippen molar-refractivity contribution >= 4 is 32.4 Å². The number of halogens is 1. The van der Waals surface area contributed by atoms with Crippen molar-refractivity contribution in [3.8, 4) is 0 Å². The summed E-state index contributed by atoms with van der Waals surface area (Å²) >= 11 is 4.83. The van der Waals surface area contributed by atoms with Gasteiger partial charge in [0, 0.05) is 6.54 Å². The van der Waals surface area contributed by atoms with E-state index in [1.165, 1.54) is 19.3 Å². The number of nitrogens with one attached hydrogen (secondary N) is 1. The van der Waals surface area contributed by atoms with Gasteiger partial charge in [0.1, 0.15) is 0 Å². The highest BCUT2D eigenvalue weighted by Gasteiger charge is 2.10. The van der Waals surface area contributed by atoms with Gasteiger partial charge in [-0.2, -0.15) is 0 Å². The lowest BCUT2D eigenvalue weighted by molar-refractivity contribution is 0.504. The molecule has 1 aromatic rings. The highest BCUT2D eigenvalue weighted by Crippen LogP contribution is 2.22. The van der Waals surface area contributed by atoms with Crippen LogP contribution in [0.3, 0.4) is 0 Å². The first kappa shape index (κ1) is 10.1. The number of aromatic nitrogens is 2. The third-order valence-electron chi connectivity index (χ3n) is 2.32. The molecule has 0 aromatic carbocycles. The van der Waals surface area contributed by atoms with Crippen molar-refractivity contribution in [1.29, 1.82) is 0 Å². The van der Waals surface area contributed by atoms with Crippen LogP contribution in [0.15, 0.2) is 16.1 Å². The minimum atomic E-state index is 0.752. The zero-order chi connectivity index (χ0) is 9.80. The highest BCUT2D eigenvalue weighted by molar-refractivity contribution is 9.11. The van der Waals surface area contributed by atoms with Crippen LogP contribution >= 0.6 is 27.3 Å². The second kappa shape index (κ2) is 4.89. The van der Waals surface area contributed by atoms with Crippen LogP contribution in [0.2, 0.25) is 0 Å². The van der Waals surface area contributed by atoms with E-state index >= 15 is 0 Å². The van der Waals surface area contributed by atoms with Gasteiger partial charge >= 0.3 is 0 Å². The van der Waals surface area contributed by atoms with Gasteiger partial charge in [-0.25, -0.2) is 0 Å². The number of anilines is 1. The van der Waals surface area contributed by atoms with E-state index in [2.05, 4.69) is 43.6 Å². The molecule has 76 valence electrons. The molecule has 0 saturated heterocycles. The minimum Gasteiger partial charge on any atom is -0.360 e. The molecule has 0 amide bonds. The molecule has 1 aliphatic rings. The van der Waals surface area contributed by atoms with Gasteiger partial charge in [0.15, 0.2) is 3.92 Å². The average Bonchev–Trinajstić information content (AvgIpc) is 2.63. The Morgan fingerprint density at radius 3 is 3.07 bits per heavy atom. The number of hydrogen-bond acceptors (Lipinski definition) is 4. The molecule has 5 heteroatoms. The maximum absolute atomic E-state index is 3.99.